The number of thioether (sulfide) groups is 1. The zero-order chi connectivity index (χ0) is 11.4. The molecule has 0 fully saturated rings. The van der Waals surface area contributed by atoms with Crippen LogP contribution in [-0.4, -0.2) is 26.7 Å². The third-order valence-corrected chi connectivity index (χ3v) is 5.36. The number of hydrogen-bond donors (Lipinski definition) is 0. The fourth-order valence-electron chi connectivity index (χ4n) is 1.72. The fourth-order valence-corrected chi connectivity index (χ4v) is 4.17. The summed E-state index contributed by atoms with van der Waals surface area (Å²) in [5, 5.41) is 3.08. The lowest BCUT2D eigenvalue weighted by molar-refractivity contribution is 0.510. The Morgan fingerprint density at radius 2 is 1.87 bits per heavy atom. The van der Waals surface area contributed by atoms with Crippen LogP contribution in [0.25, 0.3) is 0 Å². The van der Waals surface area contributed by atoms with Crippen molar-refractivity contribution in [3.63, 3.8) is 0 Å². The minimum absolute atomic E-state index is 0.776. The van der Waals surface area contributed by atoms with Gasteiger partial charge < -0.3 is 0 Å². The van der Waals surface area contributed by atoms with Crippen molar-refractivity contribution in [2.24, 2.45) is 5.92 Å². The molecule has 0 aliphatic rings. The fraction of sp³-hybridized carbons (Fsp3) is 1.00. The van der Waals surface area contributed by atoms with Crippen molar-refractivity contribution in [1.82, 2.24) is 0 Å². The highest BCUT2D eigenvalue weighted by Crippen LogP contribution is 2.15. The predicted octanol–water partition coefficient (Wildman–Crippen LogP) is 4.89. The summed E-state index contributed by atoms with van der Waals surface area (Å²) in [6.45, 7) is 6.99. The van der Waals surface area contributed by atoms with Crippen molar-refractivity contribution in [3.05, 3.63) is 0 Å². The Labute approximate surface area is 108 Å². The zero-order valence-electron chi connectivity index (χ0n) is 10.9. The summed E-state index contributed by atoms with van der Waals surface area (Å²) in [7, 11) is 0. The van der Waals surface area contributed by atoms with E-state index in [0.717, 1.165) is 21.1 Å². The smallest absolute Gasteiger partial charge is 0.162 e. The third-order valence-electron chi connectivity index (χ3n) is 2.82. The van der Waals surface area contributed by atoms with Gasteiger partial charge in [0.2, 0.25) is 0 Å². The van der Waals surface area contributed by atoms with Crippen LogP contribution in [0.5, 0.6) is 0 Å². The van der Waals surface area contributed by atoms with Crippen LogP contribution in [0.15, 0.2) is 0 Å². The van der Waals surface area contributed by atoms with E-state index < -0.39 is 0 Å². The molecule has 0 bridgehead atoms. The second-order valence-electron chi connectivity index (χ2n) is 4.45. The van der Waals surface area contributed by atoms with E-state index >= 15 is 0 Å². The van der Waals surface area contributed by atoms with Crippen molar-refractivity contribution in [1.29, 1.82) is 0 Å². The quantitative estimate of drug-likeness (QED) is 0.368. The molecule has 0 aliphatic heterocycles. The summed E-state index contributed by atoms with van der Waals surface area (Å²) < 4.78 is 0. The Kier molecular flexibility index (Phi) is 13.7. The maximum Gasteiger partial charge on any atom is 0.199 e. The first-order valence-electron chi connectivity index (χ1n) is 6.70. The van der Waals surface area contributed by atoms with Crippen LogP contribution >= 0.6 is 11.8 Å². The first-order chi connectivity index (χ1) is 7.31. The normalized spacial score (nSPS) is 12.7. The SMILES string of the molecule is CCC[CH2][Al][CH2]CC(C)CCCSCC. The maximum atomic E-state index is 2.44. The average Bonchev–Trinajstić information content (AvgIpc) is 2.24. The van der Waals surface area contributed by atoms with Crippen molar-refractivity contribution >= 4 is 27.0 Å². The highest BCUT2D eigenvalue weighted by Gasteiger charge is 2.02. The molecule has 0 rings (SSSR count). The van der Waals surface area contributed by atoms with E-state index in [1.807, 2.05) is 0 Å². The van der Waals surface area contributed by atoms with Gasteiger partial charge in [-0.1, -0.05) is 40.0 Å². The van der Waals surface area contributed by atoms with E-state index in [0.29, 0.717) is 0 Å². The van der Waals surface area contributed by atoms with Gasteiger partial charge in [-0.25, -0.2) is 0 Å². The average molecular weight is 243 g/mol. The monoisotopic (exact) mass is 243 g/mol. The third kappa shape index (κ3) is 12.8. The van der Waals surface area contributed by atoms with Crippen LogP contribution in [0.1, 0.15) is 52.9 Å². The molecule has 15 heavy (non-hydrogen) atoms. The lowest BCUT2D eigenvalue weighted by Crippen LogP contribution is -1.98. The molecular weight excluding hydrogens is 215 g/mol. The lowest BCUT2D eigenvalue weighted by atomic mass is 10.0. The van der Waals surface area contributed by atoms with Gasteiger partial charge in [0.15, 0.2) is 15.2 Å². The highest BCUT2D eigenvalue weighted by atomic mass is 32.2. The van der Waals surface area contributed by atoms with Crippen molar-refractivity contribution in [3.8, 4) is 0 Å². The number of rotatable bonds is 11. The number of unbranched alkanes of at least 4 members (excludes halogenated alkanes) is 1. The summed E-state index contributed by atoms with van der Waals surface area (Å²) in [5.41, 5.74) is 0. The standard InChI is InChI=1S/C9H19S.C4H9.Al/c1-4-9(3)7-6-8-10-5-2;1-3-4-2;/h9H,1,4-8H2,2-3H3;1,3-4H2,2H3;. The van der Waals surface area contributed by atoms with Gasteiger partial charge in [0.05, 0.1) is 0 Å². The molecule has 0 aromatic rings. The van der Waals surface area contributed by atoms with Gasteiger partial charge in [-0.2, -0.15) is 11.8 Å². The van der Waals surface area contributed by atoms with Gasteiger partial charge in [-0.05, 0) is 30.3 Å². The second kappa shape index (κ2) is 12.9. The van der Waals surface area contributed by atoms with Crippen LogP contribution in [0, 0.1) is 5.92 Å². The van der Waals surface area contributed by atoms with Gasteiger partial charge in [0, 0.05) is 0 Å². The second-order valence-corrected chi connectivity index (χ2v) is 7.58. The summed E-state index contributed by atoms with van der Waals surface area (Å²) in [4.78, 5) is 0. The summed E-state index contributed by atoms with van der Waals surface area (Å²) >= 11 is 2.87. The molecular formula is C13H28AlS. The van der Waals surface area contributed by atoms with Crippen LogP contribution in [0.3, 0.4) is 0 Å². The molecule has 0 aromatic carbocycles. The van der Waals surface area contributed by atoms with E-state index in [2.05, 4.69) is 32.5 Å². The minimum atomic E-state index is 0.776. The lowest BCUT2D eigenvalue weighted by Gasteiger charge is -2.10. The molecule has 2 heteroatoms. The van der Waals surface area contributed by atoms with E-state index in [1.54, 1.807) is 5.28 Å². The van der Waals surface area contributed by atoms with E-state index in [1.165, 1.54) is 48.9 Å². The predicted molar refractivity (Wildman–Crippen MR) is 76.3 cm³/mol. The van der Waals surface area contributed by atoms with Crippen molar-refractivity contribution in [2.75, 3.05) is 11.5 Å². The van der Waals surface area contributed by atoms with Gasteiger partial charge in [0.1, 0.15) is 0 Å². The number of hydrogen-bond acceptors (Lipinski definition) is 1. The highest BCUT2D eigenvalue weighted by molar-refractivity contribution is 7.99. The Morgan fingerprint density at radius 1 is 1.07 bits per heavy atom. The molecule has 0 N–H and O–H groups in total. The van der Waals surface area contributed by atoms with Crippen LogP contribution in [0.4, 0.5) is 0 Å². The van der Waals surface area contributed by atoms with Crippen LogP contribution in [0.2, 0.25) is 10.6 Å². The first kappa shape index (κ1) is 15.9. The Morgan fingerprint density at radius 3 is 2.53 bits per heavy atom. The van der Waals surface area contributed by atoms with E-state index in [4.69, 9.17) is 0 Å². The largest absolute Gasteiger partial charge is 0.199 e. The van der Waals surface area contributed by atoms with Gasteiger partial charge in [-0.3, -0.25) is 0 Å². The molecule has 0 saturated carbocycles. The van der Waals surface area contributed by atoms with Crippen LogP contribution < -0.4 is 0 Å². The summed E-state index contributed by atoms with van der Waals surface area (Å²) in [6.07, 6.45) is 7.24. The Hall–Kier alpha value is 0.882. The molecule has 0 amide bonds. The maximum absolute atomic E-state index is 2.44. The van der Waals surface area contributed by atoms with Crippen LogP contribution in [-0.2, 0) is 0 Å². The summed E-state index contributed by atoms with van der Waals surface area (Å²) in [5.74, 6) is 3.65. The zero-order valence-corrected chi connectivity index (χ0v) is 12.9. The molecule has 0 nitrogen and oxygen atoms in total. The first-order valence-corrected chi connectivity index (χ1v) is 9.49. The topological polar surface area (TPSA) is 0 Å². The van der Waals surface area contributed by atoms with Crippen molar-refractivity contribution < 1.29 is 0 Å². The van der Waals surface area contributed by atoms with Crippen molar-refractivity contribution in [2.45, 2.75) is 63.4 Å². The molecule has 1 unspecified atom stereocenters. The molecule has 0 heterocycles. The van der Waals surface area contributed by atoms with E-state index in [9.17, 15) is 0 Å². The van der Waals surface area contributed by atoms with Gasteiger partial charge in [-0.15, -0.1) is 10.6 Å². The minimum Gasteiger partial charge on any atom is -0.162 e. The molecule has 1 radical (unpaired) electrons. The van der Waals surface area contributed by atoms with E-state index in [-0.39, 0.29) is 0 Å². The van der Waals surface area contributed by atoms with Gasteiger partial charge in [0.25, 0.3) is 0 Å². The molecule has 0 aliphatic carbocycles. The Bertz CT molecular complexity index is 117. The Balaban J connectivity index is 3.08. The molecule has 89 valence electrons. The molecule has 0 saturated heterocycles. The molecule has 1 atom stereocenters. The van der Waals surface area contributed by atoms with Gasteiger partial charge >= 0.3 is 0 Å². The summed E-state index contributed by atoms with van der Waals surface area (Å²) in [6, 6.07) is 0. The molecule has 0 spiro atoms. The molecule has 0 aromatic heterocycles.